The highest BCUT2D eigenvalue weighted by atomic mass is 127. The van der Waals surface area contributed by atoms with Crippen molar-refractivity contribution in [2.45, 2.75) is 0 Å². The van der Waals surface area contributed by atoms with Crippen molar-refractivity contribution >= 4 is 67.8 Å². The number of rotatable bonds is 0. The molecular formula is CI3. The topological polar surface area (TPSA) is 0 Å². The van der Waals surface area contributed by atoms with Crippen LogP contribution < -0.4 is 0 Å². The summed E-state index contributed by atoms with van der Waals surface area (Å²) in [5.74, 6) is 0. The summed E-state index contributed by atoms with van der Waals surface area (Å²) in [6, 6.07) is 0. The summed E-state index contributed by atoms with van der Waals surface area (Å²) in [6.07, 6.45) is 0. The van der Waals surface area contributed by atoms with Crippen LogP contribution in [0, 0.1) is -0.0619 Å². The Morgan fingerprint density at radius 3 is 1.00 bits per heavy atom. The molecule has 0 saturated carbocycles. The van der Waals surface area contributed by atoms with E-state index in [2.05, 4.69) is 67.8 Å². The first kappa shape index (κ1) is 6.19. The number of hydrogen-bond acceptors (Lipinski definition) is 0. The lowest BCUT2D eigenvalue weighted by Gasteiger charge is -1.68. The molecule has 0 heterocycles. The highest BCUT2D eigenvalue weighted by Gasteiger charge is 1.79. The van der Waals surface area contributed by atoms with Crippen molar-refractivity contribution in [2.75, 3.05) is 0 Å². The normalized spacial score (nSPS) is 9.00. The first-order valence-electron chi connectivity index (χ1n) is 0.567. The van der Waals surface area contributed by atoms with Gasteiger partial charge in [-0.2, -0.15) is 0 Å². The van der Waals surface area contributed by atoms with Crippen molar-refractivity contribution in [1.29, 1.82) is 0 Å². The zero-order valence-corrected chi connectivity index (χ0v) is 8.11. The molecule has 0 atom stereocenters. The Morgan fingerprint density at radius 1 is 1.00 bits per heavy atom. The molecule has 0 aliphatic carbocycles. The lowest BCUT2D eigenvalue weighted by Crippen LogP contribution is -1.29. The molecule has 0 amide bonds. The van der Waals surface area contributed by atoms with E-state index in [1.54, 1.807) is 0 Å². The fourth-order valence-electron chi connectivity index (χ4n) is 0. The van der Waals surface area contributed by atoms with Gasteiger partial charge < -0.3 is 0 Å². The molecule has 3 heteroatoms. The molecule has 0 saturated heterocycles. The van der Waals surface area contributed by atoms with E-state index >= 15 is 0 Å². The summed E-state index contributed by atoms with van der Waals surface area (Å²) < 4.78 is 1.33. The van der Waals surface area contributed by atoms with Crippen molar-refractivity contribution in [2.24, 2.45) is 0 Å². The summed E-state index contributed by atoms with van der Waals surface area (Å²) >= 11 is 6.70. The van der Waals surface area contributed by atoms with Gasteiger partial charge >= 0.3 is 0 Å². The Morgan fingerprint density at radius 2 is 1.00 bits per heavy atom. The van der Waals surface area contributed by atoms with Crippen LogP contribution in [-0.4, -0.2) is 0 Å². The molecule has 0 aromatic rings. The fourth-order valence-corrected chi connectivity index (χ4v) is 0. The largest absolute Gasteiger partial charge is 0.156 e. The van der Waals surface area contributed by atoms with Crippen molar-refractivity contribution in [3.63, 3.8) is 0 Å². The molecule has 1 radical (unpaired) electrons. The summed E-state index contributed by atoms with van der Waals surface area (Å²) in [6.45, 7) is 0. The van der Waals surface area contributed by atoms with E-state index in [1.807, 2.05) is 0 Å². The van der Waals surface area contributed by atoms with E-state index in [0.29, 0.717) is 0 Å². The molecule has 4 heavy (non-hydrogen) atoms. The van der Waals surface area contributed by atoms with Crippen molar-refractivity contribution in [1.82, 2.24) is 0 Å². The zero-order valence-electron chi connectivity index (χ0n) is 1.63. The van der Waals surface area contributed by atoms with Crippen LogP contribution in [0.15, 0.2) is 0 Å². The van der Waals surface area contributed by atoms with Gasteiger partial charge in [0.25, 0.3) is 0 Å². The second kappa shape index (κ2) is 3.38. The minimum atomic E-state index is 1.33. The molecule has 0 bridgehead atoms. The molecule has 0 rings (SSSR count). The van der Waals surface area contributed by atoms with Gasteiger partial charge in [-0.15, -0.1) is 0 Å². The summed E-state index contributed by atoms with van der Waals surface area (Å²) in [5.41, 5.74) is 0. The zero-order chi connectivity index (χ0) is 3.58. The van der Waals surface area contributed by atoms with Crippen molar-refractivity contribution in [3.8, 4) is 0 Å². The maximum atomic E-state index is 2.23. The third-order valence-electron chi connectivity index (χ3n) is 0. The summed E-state index contributed by atoms with van der Waals surface area (Å²) in [4.78, 5) is 0. The predicted octanol–water partition coefficient (Wildman–Crippen LogP) is 2.74. The van der Waals surface area contributed by atoms with Gasteiger partial charge in [0, 0.05) is 0 Å². The van der Waals surface area contributed by atoms with E-state index in [1.165, 1.54) is -0.0619 Å². The van der Waals surface area contributed by atoms with Gasteiger partial charge in [0.15, 0.2) is -0.0619 Å². The second-order valence-corrected chi connectivity index (χ2v) is 9.64. The van der Waals surface area contributed by atoms with Gasteiger partial charge in [0.2, 0.25) is 0 Å². The third kappa shape index (κ3) is 8.89. The van der Waals surface area contributed by atoms with Crippen molar-refractivity contribution < 1.29 is 0 Å². The van der Waals surface area contributed by atoms with Crippen LogP contribution >= 0.6 is 67.8 Å². The minimum absolute atomic E-state index is 1.33. The first-order chi connectivity index (χ1) is 1.73. The van der Waals surface area contributed by atoms with Crippen LogP contribution in [-0.2, 0) is 0 Å². The molecule has 25 valence electrons. The SMILES string of the molecule is I[C](I)I. The Balaban J connectivity index is 2.32. The van der Waals surface area contributed by atoms with Crippen LogP contribution in [0.3, 0.4) is 0 Å². The van der Waals surface area contributed by atoms with Crippen LogP contribution in [0.5, 0.6) is 0 Å². The summed E-state index contributed by atoms with van der Waals surface area (Å²) in [5, 5.41) is 0. The maximum Gasteiger partial charge on any atom is 0.156 e. The lowest BCUT2D eigenvalue weighted by molar-refractivity contribution is 2.97. The van der Waals surface area contributed by atoms with Crippen LogP contribution in [0.25, 0.3) is 0 Å². The number of hydrogen-bond donors (Lipinski definition) is 0. The number of halogens is 3. The van der Waals surface area contributed by atoms with Gasteiger partial charge in [-0.3, -0.25) is 0 Å². The fraction of sp³-hybridized carbons (Fsp3) is 0. The monoisotopic (exact) mass is 393 g/mol. The molecule has 0 unspecified atom stereocenters. The summed E-state index contributed by atoms with van der Waals surface area (Å²) in [7, 11) is 0. The highest BCUT2D eigenvalue weighted by Crippen LogP contribution is 2.26. The maximum absolute atomic E-state index is 2.23. The Labute approximate surface area is 66.5 Å². The van der Waals surface area contributed by atoms with Gasteiger partial charge in [-0.1, -0.05) is 67.8 Å². The Hall–Kier alpha value is 2.19. The van der Waals surface area contributed by atoms with Gasteiger partial charge in [-0.25, -0.2) is 0 Å². The molecule has 0 aromatic heterocycles. The first-order valence-corrected chi connectivity index (χ1v) is 3.80. The average molecular weight is 393 g/mol. The molecular weight excluding hydrogens is 393 g/mol. The minimum Gasteiger partial charge on any atom is -0.0521 e. The van der Waals surface area contributed by atoms with E-state index in [4.69, 9.17) is 0 Å². The van der Waals surface area contributed by atoms with Crippen LogP contribution in [0.2, 0.25) is 0 Å². The van der Waals surface area contributed by atoms with Crippen LogP contribution in [0.4, 0.5) is 0 Å². The van der Waals surface area contributed by atoms with E-state index < -0.39 is 0 Å². The quantitative estimate of drug-likeness (QED) is 0.556. The molecule has 0 fully saturated rings. The molecule has 0 spiro atoms. The molecule has 0 aliphatic heterocycles. The molecule has 0 nitrogen and oxygen atoms in total. The molecule has 0 aromatic carbocycles. The van der Waals surface area contributed by atoms with Crippen LogP contribution in [0.1, 0.15) is 0 Å². The smallest absolute Gasteiger partial charge is 0.0521 e. The lowest BCUT2D eigenvalue weighted by atomic mass is 12.0. The van der Waals surface area contributed by atoms with Crippen molar-refractivity contribution in [3.05, 3.63) is -0.0619 Å². The highest BCUT2D eigenvalue weighted by molar-refractivity contribution is 14.3. The standard InChI is InChI=1S/CI3/c2-1(3)4. The van der Waals surface area contributed by atoms with E-state index in [0.717, 1.165) is 0 Å². The molecule has 0 aliphatic rings. The van der Waals surface area contributed by atoms with Gasteiger partial charge in [-0.05, 0) is 0 Å². The van der Waals surface area contributed by atoms with E-state index in [9.17, 15) is 0 Å². The third-order valence-corrected chi connectivity index (χ3v) is 0. The van der Waals surface area contributed by atoms with Gasteiger partial charge in [0.1, 0.15) is 0 Å². The van der Waals surface area contributed by atoms with E-state index in [-0.39, 0.29) is 0 Å². The Kier molecular flexibility index (Phi) is 5.23. The Bertz CT molecular complexity index is 8.00. The second-order valence-electron chi connectivity index (χ2n) is 0.214. The predicted molar refractivity (Wildman–Crippen MR) is 45.3 cm³/mol. The average Bonchev–Trinajstić information content (AvgIpc) is 0.811. The molecule has 0 N–H and O–H groups in total. The van der Waals surface area contributed by atoms with Gasteiger partial charge in [0.05, 0.1) is 0 Å².